The Labute approximate surface area is 134 Å². The van der Waals surface area contributed by atoms with Crippen molar-refractivity contribution in [1.29, 1.82) is 0 Å². The van der Waals surface area contributed by atoms with Gasteiger partial charge in [-0.1, -0.05) is 6.92 Å². The SMILES string of the molecule is CCc1c(C(=O)NC[C@@H]2CCCO2)cnn1-c1ccc(F)cc1. The van der Waals surface area contributed by atoms with Crippen LogP contribution in [0, 0.1) is 5.82 Å². The maximum absolute atomic E-state index is 13.1. The molecule has 0 saturated carbocycles. The Bertz CT molecular complexity index is 676. The van der Waals surface area contributed by atoms with Gasteiger partial charge in [0, 0.05) is 13.2 Å². The summed E-state index contributed by atoms with van der Waals surface area (Å²) in [6.07, 6.45) is 4.35. The van der Waals surface area contributed by atoms with Crippen LogP contribution in [0.15, 0.2) is 30.5 Å². The average molecular weight is 317 g/mol. The molecule has 5 nitrogen and oxygen atoms in total. The molecule has 1 atom stereocenters. The van der Waals surface area contributed by atoms with Crippen LogP contribution in [-0.4, -0.2) is 34.9 Å². The maximum atomic E-state index is 13.1. The lowest BCUT2D eigenvalue weighted by atomic mass is 10.1. The van der Waals surface area contributed by atoms with Crippen LogP contribution in [0.25, 0.3) is 5.69 Å². The predicted molar refractivity (Wildman–Crippen MR) is 84.2 cm³/mol. The second-order valence-corrected chi connectivity index (χ2v) is 5.59. The Balaban J connectivity index is 1.77. The molecule has 1 saturated heterocycles. The molecule has 6 heteroatoms. The van der Waals surface area contributed by atoms with E-state index in [4.69, 9.17) is 4.74 Å². The summed E-state index contributed by atoms with van der Waals surface area (Å²) in [5.74, 6) is -0.445. The largest absolute Gasteiger partial charge is 0.376 e. The Morgan fingerprint density at radius 2 is 2.22 bits per heavy atom. The molecular weight excluding hydrogens is 297 g/mol. The number of nitrogens with one attached hydrogen (secondary N) is 1. The number of hydrogen-bond donors (Lipinski definition) is 1. The molecule has 1 amide bonds. The highest BCUT2D eigenvalue weighted by molar-refractivity contribution is 5.95. The maximum Gasteiger partial charge on any atom is 0.254 e. The van der Waals surface area contributed by atoms with Gasteiger partial charge in [-0.05, 0) is 43.5 Å². The topological polar surface area (TPSA) is 56.1 Å². The van der Waals surface area contributed by atoms with Gasteiger partial charge in [-0.3, -0.25) is 4.79 Å². The molecule has 1 aliphatic rings. The van der Waals surface area contributed by atoms with Gasteiger partial charge in [0.25, 0.3) is 5.91 Å². The number of ether oxygens (including phenoxy) is 1. The molecule has 0 aliphatic carbocycles. The molecular formula is C17H20FN3O2. The van der Waals surface area contributed by atoms with E-state index in [1.807, 2.05) is 6.92 Å². The standard InChI is InChI=1S/C17H20FN3O2/c1-2-16-15(17(22)19-10-14-4-3-9-23-14)11-20-21(16)13-7-5-12(18)6-8-13/h5-8,11,14H,2-4,9-10H2,1H3,(H,19,22)/t14-/m0/s1. The summed E-state index contributed by atoms with van der Waals surface area (Å²) in [7, 11) is 0. The fourth-order valence-electron chi connectivity index (χ4n) is 2.82. The highest BCUT2D eigenvalue weighted by Crippen LogP contribution is 2.17. The molecule has 2 aromatic rings. The van der Waals surface area contributed by atoms with Crippen molar-refractivity contribution in [2.45, 2.75) is 32.3 Å². The molecule has 1 aliphatic heterocycles. The number of carbonyl (C=O) groups is 1. The minimum atomic E-state index is -0.298. The molecule has 1 fully saturated rings. The number of carbonyl (C=O) groups excluding carboxylic acids is 1. The van der Waals surface area contributed by atoms with Crippen molar-refractivity contribution < 1.29 is 13.9 Å². The van der Waals surface area contributed by atoms with Crippen molar-refractivity contribution in [3.05, 3.63) is 47.5 Å². The zero-order valence-corrected chi connectivity index (χ0v) is 13.1. The first-order chi connectivity index (χ1) is 11.2. The normalized spacial score (nSPS) is 17.4. The molecule has 0 unspecified atom stereocenters. The van der Waals surface area contributed by atoms with Gasteiger partial charge >= 0.3 is 0 Å². The van der Waals surface area contributed by atoms with Gasteiger partial charge in [0.2, 0.25) is 0 Å². The molecule has 1 aromatic heterocycles. The van der Waals surface area contributed by atoms with E-state index in [9.17, 15) is 9.18 Å². The van der Waals surface area contributed by atoms with Crippen LogP contribution >= 0.6 is 0 Å². The highest BCUT2D eigenvalue weighted by atomic mass is 19.1. The third kappa shape index (κ3) is 3.42. The van der Waals surface area contributed by atoms with Gasteiger partial charge in [0.1, 0.15) is 5.82 Å². The number of hydrogen-bond acceptors (Lipinski definition) is 3. The van der Waals surface area contributed by atoms with E-state index >= 15 is 0 Å². The predicted octanol–water partition coefficient (Wildman–Crippen LogP) is 2.48. The fraction of sp³-hybridized carbons (Fsp3) is 0.412. The lowest BCUT2D eigenvalue weighted by Crippen LogP contribution is -2.32. The molecule has 1 aromatic carbocycles. The number of aromatic nitrogens is 2. The number of nitrogens with zero attached hydrogens (tertiary/aromatic N) is 2. The van der Waals surface area contributed by atoms with Gasteiger partial charge in [-0.25, -0.2) is 9.07 Å². The minimum Gasteiger partial charge on any atom is -0.376 e. The average Bonchev–Trinajstić information content (AvgIpc) is 3.22. The lowest BCUT2D eigenvalue weighted by Gasteiger charge is -2.11. The summed E-state index contributed by atoms with van der Waals surface area (Å²) in [6, 6.07) is 6.06. The quantitative estimate of drug-likeness (QED) is 0.922. The van der Waals surface area contributed by atoms with Crippen molar-refractivity contribution in [2.24, 2.45) is 0 Å². The summed E-state index contributed by atoms with van der Waals surface area (Å²) < 4.78 is 20.3. The third-order valence-corrected chi connectivity index (χ3v) is 4.03. The first-order valence-corrected chi connectivity index (χ1v) is 7.91. The summed E-state index contributed by atoms with van der Waals surface area (Å²) in [6.45, 7) is 3.25. The van der Waals surface area contributed by atoms with Crippen LogP contribution in [-0.2, 0) is 11.2 Å². The van der Waals surface area contributed by atoms with Crippen molar-refractivity contribution in [3.63, 3.8) is 0 Å². The first kappa shape index (κ1) is 15.7. The van der Waals surface area contributed by atoms with Gasteiger partial charge in [-0.15, -0.1) is 0 Å². The fourth-order valence-corrected chi connectivity index (χ4v) is 2.82. The minimum absolute atomic E-state index is 0.108. The second kappa shape index (κ2) is 6.91. The van der Waals surface area contributed by atoms with Crippen molar-refractivity contribution in [2.75, 3.05) is 13.2 Å². The summed E-state index contributed by atoms with van der Waals surface area (Å²) in [5, 5.41) is 7.20. The van der Waals surface area contributed by atoms with E-state index in [1.165, 1.54) is 12.1 Å². The van der Waals surface area contributed by atoms with E-state index in [-0.39, 0.29) is 17.8 Å². The van der Waals surface area contributed by atoms with E-state index in [0.29, 0.717) is 18.5 Å². The Morgan fingerprint density at radius 1 is 1.43 bits per heavy atom. The zero-order chi connectivity index (χ0) is 16.2. The van der Waals surface area contributed by atoms with E-state index in [1.54, 1.807) is 23.0 Å². The first-order valence-electron chi connectivity index (χ1n) is 7.91. The molecule has 0 radical (unpaired) electrons. The van der Waals surface area contributed by atoms with Gasteiger partial charge < -0.3 is 10.1 Å². The van der Waals surface area contributed by atoms with E-state index < -0.39 is 0 Å². The monoisotopic (exact) mass is 317 g/mol. The highest BCUT2D eigenvalue weighted by Gasteiger charge is 2.20. The van der Waals surface area contributed by atoms with E-state index in [2.05, 4.69) is 10.4 Å². The van der Waals surface area contributed by atoms with Crippen molar-refractivity contribution >= 4 is 5.91 Å². The third-order valence-electron chi connectivity index (χ3n) is 4.03. The van der Waals surface area contributed by atoms with Gasteiger partial charge in [-0.2, -0.15) is 5.10 Å². The molecule has 23 heavy (non-hydrogen) atoms. The molecule has 3 rings (SSSR count). The number of rotatable bonds is 5. The van der Waals surface area contributed by atoms with Gasteiger partial charge in [0.05, 0.1) is 29.2 Å². The molecule has 1 N–H and O–H groups in total. The van der Waals surface area contributed by atoms with Crippen LogP contribution < -0.4 is 5.32 Å². The smallest absolute Gasteiger partial charge is 0.254 e. The van der Waals surface area contributed by atoms with Crippen LogP contribution in [0.2, 0.25) is 0 Å². The summed E-state index contributed by atoms with van der Waals surface area (Å²) in [4.78, 5) is 12.4. The van der Waals surface area contributed by atoms with Crippen LogP contribution in [0.5, 0.6) is 0 Å². The van der Waals surface area contributed by atoms with Crippen LogP contribution in [0.3, 0.4) is 0 Å². The number of benzene rings is 1. The molecule has 2 heterocycles. The summed E-state index contributed by atoms with van der Waals surface area (Å²) in [5.41, 5.74) is 2.10. The van der Waals surface area contributed by atoms with Gasteiger partial charge in [0.15, 0.2) is 0 Å². The van der Waals surface area contributed by atoms with Crippen LogP contribution in [0.1, 0.15) is 35.8 Å². The lowest BCUT2D eigenvalue weighted by molar-refractivity contribution is 0.0857. The van der Waals surface area contributed by atoms with Crippen molar-refractivity contribution in [1.82, 2.24) is 15.1 Å². The van der Waals surface area contributed by atoms with Crippen molar-refractivity contribution in [3.8, 4) is 5.69 Å². The number of halogens is 1. The Morgan fingerprint density at radius 3 is 2.87 bits per heavy atom. The zero-order valence-electron chi connectivity index (χ0n) is 13.1. The second-order valence-electron chi connectivity index (χ2n) is 5.59. The van der Waals surface area contributed by atoms with Crippen LogP contribution in [0.4, 0.5) is 4.39 Å². The molecule has 0 spiro atoms. The Hall–Kier alpha value is -2.21. The van der Waals surface area contributed by atoms with E-state index in [0.717, 1.165) is 30.8 Å². The molecule has 0 bridgehead atoms. The Kier molecular flexibility index (Phi) is 4.71. The number of amides is 1. The molecule has 122 valence electrons. The summed E-state index contributed by atoms with van der Waals surface area (Å²) >= 11 is 0.